The number of nitrogens with one attached hydrogen (secondary N) is 1. The average molecular weight is 407 g/mol. The fourth-order valence-corrected chi connectivity index (χ4v) is 5.98. The molecule has 0 radical (unpaired) electrons. The number of carbonyl (C=O) groups excluding carboxylic acids is 1. The Hall–Kier alpha value is -1.70. The van der Waals surface area contributed by atoms with Crippen LogP contribution < -0.4 is 5.32 Å². The second-order valence-corrected chi connectivity index (χ2v) is 10.1. The Morgan fingerprint density at radius 3 is 2.74 bits per heavy atom. The molecule has 1 aliphatic rings. The topological polar surface area (TPSA) is 66.5 Å². The summed E-state index contributed by atoms with van der Waals surface area (Å²) < 4.78 is 27.1. The van der Waals surface area contributed by atoms with Crippen LogP contribution in [0.25, 0.3) is 0 Å². The maximum atomic E-state index is 12.7. The van der Waals surface area contributed by atoms with Gasteiger partial charge in [-0.25, -0.2) is 8.42 Å². The monoisotopic (exact) mass is 406 g/mol. The van der Waals surface area contributed by atoms with Crippen molar-refractivity contribution in [1.29, 1.82) is 0 Å². The summed E-state index contributed by atoms with van der Waals surface area (Å²) in [6.07, 6.45) is 3.25. The number of piperidine rings is 1. The van der Waals surface area contributed by atoms with E-state index < -0.39 is 10.0 Å². The first-order valence-electron chi connectivity index (χ1n) is 9.34. The van der Waals surface area contributed by atoms with E-state index in [0.29, 0.717) is 23.7 Å². The minimum Gasteiger partial charge on any atom is -0.356 e. The van der Waals surface area contributed by atoms with Crippen LogP contribution in [0, 0.1) is 12.8 Å². The van der Waals surface area contributed by atoms with Crippen LogP contribution in [0.15, 0.2) is 46.0 Å². The molecule has 7 heteroatoms. The molecule has 0 unspecified atom stereocenters. The number of nitrogens with zero attached hydrogens (tertiary/aromatic N) is 1. The van der Waals surface area contributed by atoms with Gasteiger partial charge in [0.25, 0.3) is 10.0 Å². The number of rotatable bonds is 7. The Bertz CT molecular complexity index is 846. The molecule has 2 heterocycles. The van der Waals surface area contributed by atoms with Gasteiger partial charge in [0.05, 0.1) is 5.92 Å². The van der Waals surface area contributed by atoms with Gasteiger partial charge in [-0.15, -0.1) is 11.3 Å². The summed E-state index contributed by atoms with van der Waals surface area (Å²) in [5.41, 5.74) is 2.51. The summed E-state index contributed by atoms with van der Waals surface area (Å²) in [7, 11) is -3.48. The fraction of sp³-hybridized carbons (Fsp3) is 0.450. The minimum atomic E-state index is -3.48. The van der Waals surface area contributed by atoms with Gasteiger partial charge in [0, 0.05) is 19.6 Å². The van der Waals surface area contributed by atoms with Gasteiger partial charge >= 0.3 is 0 Å². The number of hydrogen-bond donors (Lipinski definition) is 1. The number of hydrogen-bond acceptors (Lipinski definition) is 4. The van der Waals surface area contributed by atoms with E-state index in [1.165, 1.54) is 26.8 Å². The van der Waals surface area contributed by atoms with Gasteiger partial charge in [0.2, 0.25) is 5.91 Å². The lowest BCUT2D eigenvalue weighted by molar-refractivity contribution is -0.126. The quantitative estimate of drug-likeness (QED) is 0.718. The molecule has 0 saturated carbocycles. The highest BCUT2D eigenvalue weighted by atomic mass is 32.2. The standard InChI is InChI=1S/C20H26N2O3S2/c1-16-8-10-17(11-9-16)5-2-12-21-20(23)18-6-3-13-22(15-18)27(24,25)19-7-4-14-26-19/h4,7-11,14,18H,2-3,5-6,12-13,15H2,1H3,(H,21,23)/t18-/m1/s1. The molecule has 1 N–H and O–H groups in total. The third-order valence-corrected chi connectivity index (χ3v) is 8.14. The smallest absolute Gasteiger partial charge is 0.252 e. The molecule has 1 amide bonds. The van der Waals surface area contributed by atoms with Crippen molar-refractivity contribution in [3.05, 3.63) is 52.9 Å². The predicted octanol–water partition coefficient (Wildman–Crippen LogP) is 3.21. The molecule has 5 nitrogen and oxygen atoms in total. The molecule has 146 valence electrons. The lowest BCUT2D eigenvalue weighted by Gasteiger charge is -2.30. The van der Waals surface area contributed by atoms with Crippen molar-refractivity contribution in [2.45, 2.75) is 36.8 Å². The Balaban J connectivity index is 1.47. The van der Waals surface area contributed by atoms with Crippen LogP contribution in [-0.2, 0) is 21.2 Å². The molecule has 27 heavy (non-hydrogen) atoms. The number of aryl methyl sites for hydroxylation is 2. The maximum absolute atomic E-state index is 12.7. The molecule has 0 spiro atoms. The van der Waals surface area contributed by atoms with Crippen molar-refractivity contribution in [3.63, 3.8) is 0 Å². The lowest BCUT2D eigenvalue weighted by Crippen LogP contribution is -2.45. The zero-order valence-corrected chi connectivity index (χ0v) is 17.2. The SMILES string of the molecule is Cc1ccc(CCCNC(=O)[C@@H]2CCCN(S(=O)(=O)c3cccs3)C2)cc1. The summed E-state index contributed by atoms with van der Waals surface area (Å²) >= 11 is 1.22. The number of amides is 1. The van der Waals surface area contributed by atoms with Crippen molar-refractivity contribution in [3.8, 4) is 0 Å². The van der Waals surface area contributed by atoms with Crippen LogP contribution in [-0.4, -0.2) is 38.3 Å². The minimum absolute atomic E-state index is 0.0371. The number of thiophene rings is 1. The molecule has 1 saturated heterocycles. The molecule has 1 aliphatic heterocycles. The van der Waals surface area contributed by atoms with E-state index in [-0.39, 0.29) is 18.4 Å². The normalized spacial score (nSPS) is 18.3. The van der Waals surface area contributed by atoms with Crippen molar-refractivity contribution in [2.75, 3.05) is 19.6 Å². The van der Waals surface area contributed by atoms with Crippen molar-refractivity contribution < 1.29 is 13.2 Å². The van der Waals surface area contributed by atoms with E-state index in [0.717, 1.165) is 19.3 Å². The molecule has 1 aromatic heterocycles. The Morgan fingerprint density at radius 1 is 1.26 bits per heavy atom. The van der Waals surface area contributed by atoms with Crippen molar-refractivity contribution >= 4 is 27.3 Å². The lowest BCUT2D eigenvalue weighted by atomic mass is 9.99. The number of benzene rings is 1. The molecular weight excluding hydrogens is 380 g/mol. The van der Waals surface area contributed by atoms with E-state index in [2.05, 4.69) is 36.5 Å². The van der Waals surface area contributed by atoms with Crippen LogP contribution in [0.5, 0.6) is 0 Å². The zero-order valence-electron chi connectivity index (χ0n) is 15.6. The van der Waals surface area contributed by atoms with Gasteiger partial charge in [-0.2, -0.15) is 4.31 Å². The highest BCUT2D eigenvalue weighted by molar-refractivity contribution is 7.91. The second-order valence-electron chi connectivity index (χ2n) is 7.01. The first-order valence-corrected chi connectivity index (χ1v) is 11.7. The van der Waals surface area contributed by atoms with E-state index in [1.54, 1.807) is 17.5 Å². The Kier molecular flexibility index (Phi) is 6.68. The van der Waals surface area contributed by atoms with Crippen LogP contribution in [0.1, 0.15) is 30.4 Å². The summed E-state index contributed by atoms with van der Waals surface area (Å²) in [6, 6.07) is 11.8. The molecule has 2 aromatic rings. The predicted molar refractivity (Wildman–Crippen MR) is 108 cm³/mol. The maximum Gasteiger partial charge on any atom is 0.252 e. The summed E-state index contributed by atoms with van der Waals surface area (Å²) in [5.74, 6) is -0.308. The summed E-state index contributed by atoms with van der Waals surface area (Å²) in [4.78, 5) is 12.5. The number of sulfonamides is 1. The summed E-state index contributed by atoms with van der Waals surface area (Å²) in [6.45, 7) is 3.43. The molecule has 3 rings (SSSR count). The molecule has 1 fully saturated rings. The van der Waals surface area contributed by atoms with Gasteiger partial charge in [-0.05, 0) is 49.6 Å². The third-order valence-electron chi connectivity index (χ3n) is 4.91. The van der Waals surface area contributed by atoms with Gasteiger partial charge < -0.3 is 5.32 Å². The first kappa shape index (κ1) is 20.0. The van der Waals surface area contributed by atoms with Crippen LogP contribution in [0.2, 0.25) is 0 Å². The largest absolute Gasteiger partial charge is 0.356 e. The Morgan fingerprint density at radius 2 is 2.04 bits per heavy atom. The molecule has 0 bridgehead atoms. The van der Waals surface area contributed by atoms with Crippen molar-refractivity contribution in [1.82, 2.24) is 9.62 Å². The average Bonchev–Trinajstić information content (AvgIpc) is 3.22. The van der Waals surface area contributed by atoms with E-state index in [4.69, 9.17) is 0 Å². The zero-order chi connectivity index (χ0) is 19.3. The number of carbonyl (C=O) groups is 1. The molecular formula is C20H26N2O3S2. The van der Waals surface area contributed by atoms with Gasteiger partial charge in [0.15, 0.2) is 0 Å². The molecule has 0 aliphatic carbocycles. The highest BCUT2D eigenvalue weighted by Gasteiger charge is 2.33. The second kappa shape index (κ2) is 8.99. The molecule has 1 atom stereocenters. The van der Waals surface area contributed by atoms with E-state index in [1.807, 2.05) is 0 Å². The van der Waals surface area contributed by atoms with E-state index >= 15 is 0 Å². The molecule has 1 aromatic carbocycles. The Labute approximate surface area is 165 Å². The van der Waals surface area contributed by atoms with Gasteiger partial charge in [0.1, 0.15) is 4.21 Å². The van der Waals surface area contributed by atoms with Gasteiger partial charge in [-0.3, -0.25) is 4.79 Å². The summed E-state index contributed by atoms with van der Waals surface area (Å²) in [5, 5.41) is 4.74. The third kappa shape index (κ3) is 5.18. The fourth-order valence-electron chi connectivity index (χ4n) is 3.32. The van der Waals surface area contributed by atoms with Crippen LogP contribution in [0.3, 0.4) is 0 Å². The van der Waals surface area contributed by atoms with E-state index in [9.17, 15) is 13.2 Å². The highest BCUT2D eigenvalue weighted by Crippen LogP contribution is 2.26. The van der Waals surface area contributed by atoms with Gasteiger partial charge in [-0.1, -0.05) is 35.9 Å². The van der Waals surface area contributed by atoms with Crippen molar-refractivity contribution in [2.24, 2.45) is 5.92 Å². The first-order chi connectivity index (χ1) is 13.0. The van der Waals surface area contributed by atoms with Crippen LogP contribution >= 0.6 is 11.3 Å². The van der Waals surface area contributed by atoms with Crippen LogP contribution in [0.4, 0.5) is 0 Å².